The van der Waals surface area contributed by atoms with Gasteiger partial charge in [-0.25, -0.2) is 4.99 Å². The number of alkyl halides is 1. The van der Waals surface area contributed by atoms with Crippen molar-refractivity contribution in [3.8, 4) is 5.75 Å². The molecule has 2 amide bonds. The Morgan fingerprint density at radius 1 is 1.05 bits per heavy atom. The van der Waals surface area contributed by atoms with Crippen LogP contribution in [-0.2, 0) is 31.9 Å². The maximum absolute atomic E-state index is 13.5. The van der Waals surface area contributed by atoms with Crippen LogP contribution in [0.1, 0.15) is 87.8 Å². The van der Waals surface area contributed by atoms with E-state index in [4.69, 9.17) is 21.1 Å². The van der Waals surface area contributed by atoms with Gasteiger partial charge in [-0.05, 0) is 88.8 Å². The van der Waals surface area contributed by atoms with E-state index in [0.717, 1.165) is 108 Å². The van der Waals surface area contributed by atoms with Gasteiger partial charge in [-0.15, -0.1) is 11.6 Å². The molecule has 3 heterocycles. The number of halogens is 1. The molecule has 9 nitrogen and oxygen atoms in total. The smallest absolute Gasteiger partial charge is 0.278 e. The minimum atomic E-state index is -0.116. The molecule has 1 saturated carbocycles. The van der Waals surface area contributed by atoms with E-state index in [0.29, 0.717) is 43.5 Å². The van der Waals surface area contributed by atoms with Crippen LogP contribution in [0.4, 0.5) is 5.69 Å². The van der Waals surface area contributed by atoms with Crippen LogP contribution in [-0.4, -0.2) is 85.6 Å². The van der Waals surface area contributed by atoms with E-state index >= 15 is 0 Å². The van der Waals surface area contributed by atoms with Crippen molar-refractivity contribution < 1.29 is 24.2 Å². The first-order valence-corrected chi connectivity index (χ1v) is 17.2. The summed E-state index contributed by atoms with van der Waals surface area (Å²) < 4.78 is 11.2. The summed E-state index contributed by atoms with van der Waals surface area (Å²) in [7, 11) is 0. The number of aliphatic imine (C=N–C) groups is 1. The van der Waals surface area contributed by atoms with Crippen molar-refractivity contribution in [2.24, 2.45) is 10.9 Å². The minimum absolute atomic E-state index is 0.0247. The number of amides is 2. The predicted octanol–water partition coefficient (Wildman–Crippen LogP) is 5.20. The fourth-order valence-corrected chi connectivity index (χ4v) is 7.35. The lowest BCUT2D eigenvalue weighted by atomic mass is 9.84. The van der Waals surface area contributed by atoms with Gasteiger partial charge >= 0.3 is 0 Å². The highest BCUT2D eigenvalue weighted by Crippen LogP contribution is 2.43. The van der Waals surface area contributed by atoms with Gasteiger partial charge in [0, 0.05) is 60.9 Å². The molecule has 0 atom stereocenters. The van der Waals surface area contributed by atoms with E-state index in [2.05, 4.69) is 21.3 Å². The van der Waals surface area contributed by atoms with Crippen molar-refractivity contribution in [1.29, 1.82) is 0 Å². The molecule has 1 aromatic carbocycles. The number of ether oxygens (including phenoxy) is 2. The van der Waals surface area contributed by atoms with E-state index in [9.17, 15) is 14.7 Å². The first kappa shape index (κ1) is 32.8. The number of aryl methyl sites for hydroxylation is 1. The molecule has 242 valence electrons. The van der Waals surface area contributed by atoms with Gasteiger partial charge in [0.2, 0.25) is 5.91 Å². The number of nitrogens with zero attached hydrogens (tertiary/aromatic N) is 3. The van der Waals surface area contributed by atoms with Crippen molar-refractivity contribution in [2.75, 3.05) is 56.8 Å². The molecule has 0 radical (unpaired) electrons. The molecular formula is C34H49ClN4O5. The van der Waals surface area contributed by atoms with Gasteiger partial charge in [0.25, 0.3) is 5.91 Å². The highest BCUT2D eigenvalue weighted by molar-refractivity contribution is 6.17. The highest BCUT2D eigenvalue weighted by Gasteiger charge is 2.37. The standard InChI is InChI=1S/C34H49ClN4O5/c1-24-37-30(23-27-22-26-8-6-16-38-17-7-9-29(31(26)38)32(27)40)34(42)39(24)28-12-10-25(11-13-28)33(41)36-15-19-44-21-20-43-18-5-3-2-4-14-35/h22-23,25,28,40H,2-21H2,1H3,(H,36,41)/b30-23-. The largest absolute Gasteiger partial charge is 0.507 e. The first-order chi connectivity index (χ1) is 21.5. The molecule has 0 unspecified atom stereocenters. The van der Waals surface area contributed by atoms with Crippen LogP contribution in [0.2, 0.25) is 0 Å². The molecule has 1 aromatic rings. The second-order valence-corrected chi connectivity index (χ2v) is 12.9. The number of rotatable bonds is 15. The fourth-order valence-electron chi connectivity index (χ4n) is 7.16. The first-order valence-electron chi connectivity index (χ1n) is 16.7. The normalized spacial score (nSPS) is 22.4. The molecule has 0 spiro atoms. The average molecular weight is 629 g/mol. The van der Waals surface area contributed by atoms with Crippen LogP contribution in [0.5, 0.6) is 5.75 Å². The molecule has 10 heteroatoms. The number of aromatic hydroxyl groups is 1. The summed E-state index contributed by atoms with van der Waals surface area (Å²) in [4.78, 5) is 35.1. The predicted molar refractivity (Wildman–Crippen MR) is 174 cm³/mol. The number of benzene rings is 1. The van der Waals surface area contributed by atoms with Gasteiger partial charge in [-0.3, -0.25) is 14.5 Å². The molecule has 5 rings (SSSR count). The summed E-state index contributed by atoms with van der Waals surface area (Å²) in [6.45, 7) is 6.74. The van der Waals surface area contributed by atoms with Crippen LogP contribution in [0.3, 0.4) is 0 Å². The zero-order chi connectivity index (χ0) is 30.9. The maximum atomic E-state index is 13.5. The number of carbonyl (C=O) groups is 2. The molecule has 3 aliphatic heterocycles. The number of nitrogens with one attached hydrogen (secondary N) is 1. The summed E-state index contributed by atoms with van der Waals surface area (Å²) >= 11 is 5.68. The van der Waals surface area contributed by atoms with Gasteiger partial charge in [0.1, 0.15) is 17.3 Å². The topological polar surface area (TPSA) is 104 Å². The third-order valence-electron chi connectivity index (χ3n) is 9.41. The fraction of sp³-hybridized carbons (Fsp3) is 0.676. The number of hydrogen-bond acceptors (Lipinski definition) is 7. The highest BCUT2D eigenvalue weighted by atomic mass is 35.5. The molecule has 44 heavy (non-hydrogen) atoms. The average Bonchev–Trinajstić information content (AvgIpc) is 3.31. The molecule has 1 fully saturated rings. The van der Waals surface area contributed by atoms with E-state index in [1.807, 2.05) is 6.92 Å². The van der Waals surface area contributed by atoms with Crippen molar-refractivity contribution in [3.63, 3.8) is 0 Å². The molecular weight excluding hydrogens is 580 g/mol. The number of hydrogen-bond donors (Lipinski definition) is 2. The van der Waals surface area contributed by atoms with Crippen molar-refractivity contribution in [1.82, 2.24) is 10.2 Å². The maximum Gasteiger partial charge on any atom is 0.278 e. The van der Waals surface area contributed by atoms with Gasteiger partial charge in [0.15, 0.2) is 0 Å². The van der Waals surface area contributed by atoms with E-state index < -0.39 is 0 Å². The summed E-state index contributed by atoms with van der Waals surface area (Å²) in [6.07, 6.45) is 13.1. The van der Waals surface area contributed by atoms with Crippen LogP contribution < -0.4 is 10.2 Å². The van der Waals surface area contributed by atoms with Crippen LogP contribution >= 0.6 is 11.6 Å². The molecule has 0 aromatic heterocycles. The SMILES string of the molecule is CC1=N/C(=C\c2cc3c4c(c2O)CCCN4CCC3)C(=O)N1C1CCC(C(=O)NCCOCCOCCCCCCCl)CC1. The lowest BCUT2D eigenvalue weighted by Gasteiger charge is -2.37. The Morgan fingerprint density at radius 3 is 2.55 bits per heavy atom. The van der Waals surface area contributed by atoms with Crippen molar-refractivity contribution in [3.05, 3.63) is 28.5 Å². The van der Waals surface area contributed by atoms with Crippen LogP contribution in [0.15, 0.2) is 16.8 Å². The van der Waals surface area contributed by atoms with E-state index in [1.54, 1.807) is 11.0 Å². The lowest BCUT2D eigenvalue weighted by molar-refractivity contribution is -0.127. The summed E-state index contributed by atoms with van der Waals surface area (Å²) in [5, 5.41) is 14.2. The number of anilines is 1. The number of carbonyl (C=O) groups excluding carboxylic acids is 2. The van der Waals surface area contributed by atoms with Crippen LogP contribution in [0, 0.1) is 5.92 Å². The number of phenolic OH excluding ortho intramolecular Hbond substituents is 1. The van der Waals surface area contributed by atoms with Gasteiger partial charge < -0.3 is 24.8 Å². The summed E-state index contributed by atoms with van der Waals surface area (Å²) in [6, 6.07) is 2.08. The molecule has 0 bridgehead atoms. The third kappa shape index (κ3) is 7.96. The molecule has 2 N–H and O–H groups in total. The Bertz CT molecular complexity index is 1220. The summed E-state index contributed by atoms with van der Waals surface area (Å²) in [5.41, 5.74) is 4.55. The quantitative estimate of drug-likeness (QED) is 0.157. The monoisotopic (exact) mass is 628 g/mol. The Labute approximate surface area is 267 Å². The van der Waals surface area contributed by atoms with Gasteiger partial charge in [-0.1, -0.05) is 12.8 Å². The second-order valence-electron chi connectivity index (χ2n) is 12.5. The van der Waals surface area contributed by atoms with E-state index in [-0.39, 0.29) is 29.5 Å². The Morgan fingerprint density at radius 2 is 1.77 bits per heavy atom. The molecule has 0 saturated heterocycles. The zero-order valence-electron chi connectivity index (χ0n) is 26.3. The molecule has 4 aliphatic rings. The third-order valence-corrected chi connectivity index (χ3v) is 9.68. The van der Waals surface area contributed by atoms with Crippen molar-refractivity contribution in [2.45, 2.75) is 90.0 Å². The Balaban J connectivity index is 1.04. The summed E-state index contributed by atoms with van der Waals surface area (Å²) in [5.74, 6) is 1.59. The lowest BCUT2D eigenvalue weighted by Crippen LogP contribution is -2.44. The van der Waals surface area contributed by atoms with Gasteiger partial charge in [0.05, 0.1) is 19.8 Å². The minimum Gasteiger partial charge on any atom is -0.507 e. The number of phenols is 1. The Kier molecular flexibility index (Phi) is 12.0. The van der Waals surface area contributed by atoms with Crippen molar-refractivity contribution >= 4 is 41.0 Å². The Hall–Kier alpha value is -2.62. The number of amidine groups is 1. The second kappa shape index (κ2) is 16.1. The zero-order valence-corrected chi connectivity index (χ0v) is 27.0. The number of unbranched alkanes of at least 4 members (excludes halogenated alkanes) is 3. The molecule has 1 aliphatic carbocycles. The van der Waals surface area contributed by atoms with Gasteiger partial charge in [-0.2, -0.15) is 0 Å². The van der Waals surface area contributed by atoms with E-state index in [1.165, 1.54) is 11.3 Å². The van der Waals surface area contributed by atoms with Crippen LogP contribution in [0.25, 0.3) is 6.08 Å².